The number of guanidine groups is 1. The summed E-state index contributed by atoms with van der Waals surface area (Å²) in [5.74, 6) is -0.585. The number of benzene rings is 2. The van der Waals surface area contributed by atoms with Gasteiger partial charge in [0.15, 0.2) is 17.4 Å². The molecule has 180 valence electrons. The van der Waals surface area contributed by atoms with Crippen LogP contribution in [0.1, 0.15) is 18.5 Å². The number of nitrogens with one attached hydrogen (secondary N) is 1. The van der Waals surface area contributed by atoms with Gasteiger partial charge in [0.25, 0.3) is 0 Å². The molecule has 4 rings (SSSR count). The maximum atomic E-state index is 13.1. The number of hydrogen-bond donors (Lipinski definition) is 1. The van der Waals surface area contributed by atoms with Crippen LogP contribution in [0.3, 0.4) is 0 Å². The quantitative estimate of drug-likeness (QED) is 0.516. The molecule has 2 aromatic carbocycles. The van der Waals surface area contributed by atoms with Crippen LogP contribution in [0, 0.1) is 5.92 Å². The standard InChI is InChI=1S/C25H30N4O5/c1-4-34-24(31)21-22(17-10-11-19(32-2)20(16-17)33-3)26-25(27-23(21)30)29-14-12-28(13-15-29)18-8-6-5-7-9-18/h5-11,16,21-22H,4,12-15H2,1-3H3,(H,26,27,30)/t21-,22+/m1/s1. The SMILES string of the molecule is CCOC(=O)[C@H]1C(=O)NC(N2CCN(c3ccccc3)CC2)=N[C@H]1c1ccc(OC)c(OC)c1. The number of rotatable bonds is 6. The first-order valence-electron chi connectivity index (χ1n) is 11.4. The molecule has 0 radical (unpaired) electrons. The third-order valence-electron chi connectivity index (χ3n) is 6.08. The van der Waals surface area contributed by atoms with Crippen LogP contribution in [0.5, 0.6) is 11.5 Å². The summed E-state index contributed by atoms with van der Waals surface area (Å²) < 4.78 is 16.0. The maximum Gasteiger partial charge on any atom is 0.321 e. The zero-order valence-corrected chi connectivity index (χ0v) is 19.7. The lowest BCUT2D eigenvalue weighted by Crippen LogP contribution is -2.57. The molecule has 0 saturated carbocycles. The van der Waals surface area contributed by atoms with Crippen LogP contribution in [-0.4, -0.2) is 69.7 Å². The van der Waals surface area contributed by atoms with Crippen LogP contribution >= 0.6 is 0 Å². The lowest BCUT2D eigenvalue weighted by molar-refractivity contribution is -0.153. The maximum absolute atomic E-state index is 13.1. The summed E-state index contributed by atoms with van der Waals surface area (Å²) in [5.41, 5.74) is 1.84. The van der Waals surface area contributed by atoms with Crippen molar-refractivity contribution in [1.82, 2.24) is 10.2 Å². The normalized spacial score (nSPS) is 20.3. The number of nitrogens with zero attached hydrogens (tertiary/aromatic N) is 3. The Balaban J connectivity index is 1.61. The van der Waals surface area contributed by atoms with Crippen LogP contribution in [0.4, 0.5) is 5.69 Å². The van der Waals surface area contributed by atoms with Crippen molar-refractivity contribution in [3.05, 3.63) is 54.1 Å². The number of hydrogen-bond acceptors (Lipinski definition) is 8. The Morgan fingerprint density at radius 3 is 2.32 bits per heavy atom. The Morgan fingerprint density at radius 1 is 1.00 bits per heavy atom. The highest BCUT2D eigenvalue weighted by Gasteiger charge is 2.42. The second kappa shape index (κ2) is 10.5. The predicted octanol–water partition coefficient (Wildman–Crippen LogP) is 2.23. The molecule has 0 spiro atoms. The van der Waals surface area contributed by atoms with Gasteiger partial charge in [0.1, 0.15) is 6.04 Å². The number of amides is 1. The summed E-state index contributed by atoms with van der Waals surface area (Å²) in [6.07, 6.45) is 0. The summed E-state index contributed by atoms with van der Waals surface area (Å²) in [7, 11) is 3.09. The largest absolute Gasteiger partial charge is 0.493 e. The third kappa shape index (κ3) is 4.78. The van der Waals surface area contributed by atoms with Crippen LogP contribution < -0.4 is 19.7 Å². The smallest absolute Gasteiger partial charge is 0.321 e. The lowest BCUT2D eigenvalue weighted by atomic mass is 9.91. The van der Waals surface area contributed by atoms with E-state index in [0.717, 1.165) is 13.1 Å². The van der Waals surface area contributed by atoms with E-state index in [1.54, 1.807) is 39.3 Å². The Labute approximate surface area is 199 Å². The van der Waals surface area contributed by atoms with Gasteiger partial charge in [-0.3, -0.25) is 14.9 Å². The summed E-state index contributed by atoms with van der Waals surface area (Å²) in [6, 6.07) is 14.8. The summed E-state index contributed by atoms with van der Waals surface area (Å²) in [6.45, 7) is 4.86. The van der Waals surface area contributed by atoms with E-state index in [0.29, 0.717) is 36.1 Å². The molecule has 1 fully saturated rings. The molecule has 2 heterocycles. The summed E-state index contributed by atoms with van der Waals surface area (Å²) in [4.78, 5) is 35.0. The first kappa shape index (κ1) is 23.4. The van der Waals surface area contributed by atoms with Crippen LogP contribution in [0.15, 0.2) is 53.5 Å². The molecule has 2 aliphatic heterocycles. The molecule has 9 heteroatoms. The fraction of sp³-hybridized carbons (Fsp3) is 0.400. The molecular weight excluding hydrogens is 436 g/mol. The first-order valence-corrected chi connectivity index (χ1v) is 11.4. The summed E-state index contributed by atoms with van der Waals surface area (Å²) >= 11 is 0. The molecule has 0 bridgehead atoms. The minimum absolute atomic E-state index is 0.180. The fourth-order valence-corrected chi connectivity index (χ4v) is 4.32. The minimum atomic E-state index is -1.09. The van der Waals surface area contributed by atoms with Crippen LogP contribution in [0.2, 0.25) is 0 Å². The molecule has 2 aromatic rings. The van der Waals surface area contributed by atoms with Gasteiger partial charge in [-0.25, -0.2) is 4.99 Å². The van der Waals surface area contributed by atoms with Crippen molar-refractivity contribution in [3.8, 4) is 11.5 Å². The second-order valence-electron chi connectivity index (χ2n) is 8.04. The van der Waals surface area contributed by atoms with Crippen LogP contribution in [0.25, 0.3) is 0 Å². The van der Waals surface area contributed by atoms with E-state index in [-0.39, 0.29) is 6.61 Å². The Morgan fingerprint density at radius 2 is 1.68 bits per heavy atom. The second-order valence-corrected chi connectivity index (χ2v) is 8.04. The predicted molar refractivity (Wildman–Crippen MR) is 128 cm³/mol. The highest BCUT2D eigenvalue weighted by Crippen LogP contribution is 2.36. The number of para-hydroxylation sites is 1. The number of ether oxygens (including phenoxy) is 3. The number of piperazine rings is 1. The Bertz CT molecular complexity index is 1050. The van der Waals surface area contributed by atoms with E-state index in [2.05, 4.69) is 22.3 Å². The number of esters is 1. The van der Waals surface area contributed by atoms with Crippen molar-refractivity contribution in [2.45, 2.75) is 13.0 Å². The van der Waals surface area contributed by atoms with Gasteiger partial charge in [-0.2, -0.15) is 0 Å². The molecule has 9 nitrogen and oxygen atoms in total. The van der Waals surface area contributed by atoms with Gasteiger partial charge in [-0.1, -0.05) is 24.3 Å². The van der Waals surface area contributed by atoms with E-state index >= 15 is 0 Å². The van der Waals surface area contributed by atoms with Gasteiger partial charge in [0.05, 0.1) is 20.8 Å². The van der Waals surface area contributed by atoms with Crippen molar-refractivity contribution in [2.75, 3.05) is 51.9 Å². The van der Waals surface area contributed by atoms with Crippen molar-refractivity contribution < 1.29 is 23.8 Å². The van der Waals surface area contributed by atoms with Gasteiger partial charge in [-0.15, -0.1) is 0 Å². The van der Waals surface area contributed by atoms with E-state index < -0.39 is 23.8 Å². The lowest BCUT2D eigenvalue weighted by Gasteiger charge is -2.39. The highest BCUT2D eigenvalue weighted by atomic mass is 16.5. The summed E-state index contributed by atoms with van der Waals surface area (Å²) in [5, 5.41) is 2.84. The number of methoxy groups -OCH3 is 2. The topological polar surface area (TPSA) is 92.7 Å². The van der Waals surface area contributed by atoms with Crippen molar-refractivity contribution >= 4 is 23.5 Å². The molecule has 34 heavy (non-hydrogen) atoms. The number of carbonyl (C=O) groups excluding carboxylic acids is 2. The molecule has 0 aliphatic carbocycles. The monoisotopic (exact) mass is 466 g/mol. The minimum Gasteiger partial charge on any atom is -0.493 e. The molecule has 2 aliphatic rings. The van der Waals surface area contributed by atoms with E-state index in [9.17, 15) is 9.59 Å². The number of aliphatic imine (C=N–C) groups is 1. The average Bonchev–Trinajstić information content (AvgIpc) is 2.88. The van der Waals surface area contributed by atoms with Gasteiger partial charge in [-0.05, 0) is 36.8 Å². The molecule has 1 amide bonds. The molecule has 1 saturated heterocycles. The zero-order chi connectivity index (χ0) is 24.1. The Hall–Kier alpha value is -3.75. The van der Waals surface area contributed by atoms with Gasteiger partial charge < -0.3 is 24.0 Å². The molecule has 1 N–H and O–H groups in total. The Kier molecular flexibility index (Phi) is 7.20. The highest BCUT2D eigenvalue weighted by molar-refractivity contribution is 6.08. The van der Waals surface area contributed by atoms with Gasteiger partial charge in [0, 0.05) is 31.9 Å². The third-order valence-corrected chi connectivity index (χ3v) is 6.08. The van der Waals surface area contributed by atoms with E-state index in [4.69, 9.17) is 19.2 Å². The molecule has 2 atom stereocenters. The first-order chi connectivity index (χ1) is 16.5. The fourth-order valence-electron chi connectivity index (χ4n) is 4.32. The molecule has 0 aromatic heterocycles. The van der Waals surface area contributed by atoms with Crippen molar-refractivity contribution in [1.29, 1.82) is 0 Å². The van der Waals surface area contributed by atoms with Crippen LogP contribution in [-0.2, 0) is 14.3 Å². The zero-order valence-electron chi connectivity index (χ0n) is 19.7. The van der Waals surface area contributed by atoms with Crippen molar-refractivity contribution in [3.63, 3.8) is 0 Å². The molecule has 0 unspecified atom stereocenters. The van der Waals surface area contributed by atoms with Crippen molar-refractivity contribution in [2.24, 2.45) is 10.9 Å². The average molecular weight is 467 g/mol. The molecular formula is C25H30N4O5. The van der Waals surface area contributed by atoms with Gasteiger partial charge in [0.2, 0.25) is 11.9 Å². The van der Waals surface area contributed by atoms with E-state index in [1.807, 2.05) is 23.1 Å². The number of carbonyl (C=O) groups is 2. The van der Waals surface area contributed by atoms with E-state index in [1.165, 1.54) is 5.69 Å². The number of anilines is 1. The van der Waals surface area contributed by atoms with Gasteiger partial charge >= 0.3 is 5.97 Å².